The van der Waals surface area contributed by atoms with Crippen molar-refractivity contribution in [2.24, 2.45) is 5.92 Å². The third kappa shape index (κ3) is 3.90. The van der Waals surface area contributed by atoms with Gasteiger partial charge in [-0.3, -0.25) is 14.4 Å². The van der Waals surface area contributed by atoms with Gasteiger partial charge in [0.1, 0.15) is 5.75 Å². The van der Waals surface area contributed by atoms with Crippen molar-refractivity contribution in [3.05, 3.63) is 23.8 Å². The maximum absolute atomic E-state index is 12.9. The SMILES string of the molecule is CC1Oc2ccc(C(=O)C3CCN(C(=O)CC4CCCN4)CC3)cc2NC1=O. The van der Waals surface area contributed by atoms with Crippen LogP contribution in [0.5, 0.6) is 5.75 Å². The summed E-state index contributed by atoms with van der Waals surface area (Å²) in [5.74, 6) is 0.546. The number of anilines is 1. The van der Waals surface area contributed by atoms with Crippen LogP contribution in [0.3, 0.4) is 0 Å². The van der Waals surface area contributed by atoms with Crippen LogP contribution < -0.4 is 15.4 Å². The average Bonchev–Trinajstić information content (AvgIpc) is 3.21. The number of hydrogen-bond acceptors (Lipinski definition) is 5. The zero-order chi connectivity index (χ0) is 19.7. The summed E-state index contributed by atoms with van der Waals surface area (Å²) in [7, 11) is 0. The Morgan fingerprint density at radius 1 is 1.21 bits per heavy atom. The maximum Gasteiger partial charge on any atom is 0.265 e. The molecule has 150 valence electrons. The predicted molar refractivity (Wildman–Crippen MR) is 104 cm³/mol. The molecule has 3 aliphatic heterocycles. The number of ketones is 1. The van der Waals surface area contributed by atoms with Gasteiger partial charge in [0.25, 0.3) is 5.91 Å². The second-order valence-corrected chi connectivity index (χ2v) is 7.98. The molecule has 0 bridgehead atoms. The summed E-state index contributed by atoms with van der Waals surface area (Å²) in [6, 6.07) is 5.51. The minimum Gasteiger partial charge on any atom is -0.479 e. The Morgan fingerprint density at radius 2 is 2.00 bits per heavy atom. The molecule has 7 nitrogen and oxygen atoms in total. The first-order chi connectivity index (χ1) is 13.5. The Balaban J connectivity index is 1.34. The average molecular weight is 385 g/mol. The lowest BCUT2D eigenvalue weighted by molar-refractivity contribution is -0.132. The summed E-state index contributed by atoms with van der Waals surface area (Å²) in [6.45, 7) is 3.95. The first-order valence-electron chi connectivity index (χ1n) is 10.2. The van der Waals surface area contributed by atoms with Crippen molar-refractivity contribution in [3.8, 4) is 5.75 Å². The number of piperidine rings is 1. The molecular formula is C21H27N3O4. The van der Waals surface area contributed by atoms with Crippen LogP contribution >= 0.6 is 0 Å². The van der Waals surface area contributed by atoms with Gasteiger partial charge in [0, 0.05) is 37.0 Å². The van der Waals surface area contributed by atoms with Crippen LogP contribution in [-0.2, 0) is 9.59 Å². The molecule has 0 radical (unpaired) electrons. The van der Waals surface area contributed by atoms with Crippen LogP contribution in [0.4, 0.5) is 5.69 Å². The molecule has 0 spiro atoms. The highest BCUT2D eigenvalue weighted by Gasteiger charge is 2.30. The van der Waals surface area contributed by atoms with Crippen molar-refractivity contribution < 1.29 is 19.1 Å². The van der Waals surface area contributed by atoms with Gasteiger partial charge in [-0.2, -0.15) is 0 Å². The fourth-order valence-corrected chi connectivity index (χ4v) is 4.26. The molecule has 7 heteroatoms. The third-order valence-electron chi connectivity index (χ3n) is 6.00. The first-order valence-corrected chi connectivity index (χ1v) is 10.2. The Morgan fingerprint density at radius 3 is 2.71 bits per heavy atom. The van der Waals surface area contributed by atoms with E-state index in [9.17, 15) is 14.4 Å². The van der Waals surface area contributed by atoms with E-state index < -0.39 is 6.10 Å². The number of Topliss-reactive ketones (excluding diaryl/α,β-unsaturated/α-hetero) is 1. The maximum atomic E-state index is 12.9. The van der Waals surface area contributed by atoms with Gasteiger partial charge in [-0.1, -0.05) is 0 Å². The standard InChI is InChI=1S/C21H27N3O4/c1-13-21(27)23-17-11-15(4-5-18(17)28-13)20(26)14-6-9-24(10-7-14)19(25)12-16-3-2-8-22-16/h4-5,11,13-14,16,22H,2-3,6-10,12H2,1H3,(H,23,27). The van der Waals surface area contributed by atoms with Crippen molar-refractivity contribution in [1.82, 2.24) is 10.2 Å². The summed E-state index contributed by atoms with van der Waals surface area (Å²) in [6.07, 6.45) is 3.59. The van der Waals surface area contributed by atoms with Gasteiger partial charge < -0.3 is 20.3 Å². The normalized spacial score (nSPS) is 25.0. The van der Waals surface area contributed by atoms with Gasteiger partial charge in [-0.05, 0) is 57.4 Å². The molecule has 0 saturated carbocycles. The number of benzene rings is 1. The fourth-order valence-electron chi connectivity index (χ4n) is 4.26. The minimum absolute atomic E-state index is 0.0697. The number of nitrogens with one attached hydrogen (secondary N) is 2. The number of likely N-dealkylation sites (tertiary alicyclic amines) is 1. The molecule has 2 amide bonds. The number of fused-ring (bicyclic) bond motifs is 1. The predicted octanol–water partition coefficient (Wildman–Crippen LogP) is 1.97. The fraction of sp³-hybridized carbons (Fsp3) is 0.571. The molecule has 2 saturated heterocycles. The second kappa shape index (κ2) is 7.91. The van der Waals surface area contributed by atoms with Crippen LogP contribution in [0, 0.1) is 5.92 Å². The zero-order valence-corrected chi connectivity index (χ0v) is 16.2. The number of carbonyl (C=O) groups excluding carboxylic acids is 3. The highest BCUT2D eigenvalue weighted by atomic mass is 16.5. The lowest BCUT2D eigenvalue weighted by Gasteiger charge is -2.32. The van der Waals surface area contributed by atoms with E-state index in [2.05, 4.69) is 10.6 Å². The molecule has 2 unspecified atom stereocenters. The molecule has 2 N–H and O–H groups in total. The van der Waals surface area contributed by atoms with E-state index >= 15 is 0 Å². The number of nitrogens with zero attached hydrogens (tertiary/aromatic N) is 1. The Labute approximate surface area is 164 Å². The largest absolute Gasteiger partial charge is 0.479 e. The van der Waals surface area contributed by atoms with Crippen molar-refractivity contribution >= 4 is 23.3 Å². The van der Waals surface area contributed by atoms with E-state index in [1.54, 1.807) is 25.1 Å². The van der Waals surface area contributed by atoms with E-state index in [0.717, 1.165) is 19.4 Å². The minimum atomic E-state index is -0.532. The number of rotatable bonds is 4. The van der Waals surface area contributed by atoms with E-state index in [-0.39, 0.29) is 23.5 Å². The molecule has 0 aliphatic carbocycles. The summed E-state index contributed by atoms with van der Waals surface area (Å²) >= 11 is 0. The molecule has 4 rings (SSSR count). The zero-order valence-electron chi connectivity index (χ0n) is 16.2. The molecule has 0 aromatic heterocycles. The Hall–Kier alpha value is -2.41. The Kier molecular flexibility index (Phi) is 5.35. The molecule has 28 heavy (non-hydrogen) atoms. The molecule has 3 heterocycles. The van der Waals surface area contributed by atoms with Crippen molar-refractivity contribution in [2.45, 2.75) is 51.2 Å². The Bertz CT molecular complexity index is 780. The van der Waals surface area contributed by atoms with E-state index in [1.165, 1.54) is 0 Å². The molecule has 1 aromatic rings. The third-order valence-corrected chi connectivity index (χ3v) is 6.00. The highest BCUT2D eigenvalue weighted by Crippen LogP contribution is 2.32. The topological polar surface area (TPSA) is 87.7 Å². The molecule has 1 aromatic carbocycles. The van der Waals surface area contributed by atoms with Crippen molar-refractivity contribution in [2.75, 3.05) is 25.0 Å². The summed E-state index contributed by atoms with van der Waals surface area (Å²) in [4.78, 5) is 39.1. The van der Waals surface area contributed by atoms with Crippen molar-refractivity contribution in [3.63, 3.8) is 0 Å². The van der Waals surface area contributed by atoms with Crippen LogP contribution in [0.2, 0.25) is 0 Å². The van der Waals surface area contributed by atoms with Crippen LogP contribution in [0.15, 0.2) is 18.2 Å². The number of hydrogen-bond donors (Lipinski definition) is 2. The van der Waals surface area contributed by atoms with Crippen LogP contribution in [0.1, 0.15) is 49.4 Å². The van der Waals surface area contributed by atoms with Gasteiger partial charge in [0.15, 0.2) is 11.9 Å². The van der Waals surface area contributed by atoms with Gasteiger partial charge >= 0.3 is 0 Å². The lowest BCUT2D eigenvalue weighted by atomic mass is 9.88. The van der Waals surface area contributed by atoms with Crippen molar-refractivity contribution in [1.29, 1.82) is 0 Å². The van der Waals surface area contributed by atoms with E-state index in [4.69, 9.17) is 4.74 Å². The summed E-state index contributed by atoms with van der Waals surface area (Å²) in [5, 5.41) is 6.15. The highest BCUT2D eigenvalue weighted by molar-refractivity contribution is 6.02. The quantitative estimate of drug-likeness (QED) is 0.774. The smallest absolute Gasteiger partial charge is 0.265 e. The van der Waals surface area contributed by atoms with Gasteiger partial charge in [-0.25, -0.2) is 0 Å². The van der Waals surface area contributed by atoms with Gasteiger partial charge in [0.05, 0.1) is 5.69 Å². The number of amides is 2. The number of carbonyl (C=O) groups is 3. The monoisotopic (exact) mass is 385 g/mol. The van der Waals surface area contributed by atoms with Gasteiger partial charge in [-0.15, -0.1) is 0 Å². The van der Waals surface area contributed by atoms with Crippen LogP contribution in [0.25, 0.3) is 0 Å². The first kappa shape index (κ1) is 18.9. The summed E-state index contributed by atoms with van der Waals surface area (Å²) < 4.78 is 5.55. The molecule has 3 aliphatic rings. The van der Waals surface area contributed by atoms with Gasteiger partial charge in [0.2, 0.25) is 5.91 Å². The molecule has 2 fully saturated rings. The lowest BCUT2D eigenvalue weighted by Crippen LogP contribution is -2.42. The summed E-state index contributed by atoms with van der Waals surface area (Å²) in [5.41, 5.74) is 1.13. The molecular weight excluding hydrogens is 358 g/mol. The molecule has 2 atom stereocenters. The number of ether oxygens (including phenoxy) is 1. The van der Waals surface area contributed by atoms with E-state index in [0.29, 0.717) is 55.4 Å². The van der Waals surface area contributed by atoms with Crippen LogP contribution in [-0.4, -0.2) is 54.3 Å². The second-order valence-electron chi connectivity index (χ2n) is 7.98. The van der Waals surface area contributed by atoms with E-state index in [1.807, 2.05) is 4.90 Å².